The van der Waals surface area contributed by atoms with Gasteiger partial charge < -0.3 is 15.5 Å². The third kappa shape index (κ3) is 2.99. The standard InChI is InChI=1S/C8H11Cl2N3O2/c1-11-2-4(14)6(15)5-7(9)12-3-13-8(5)10/h3-4,6,11,14-15H,2H2,1H3. The van der Waals surface area contributed by atoms with Crippen LogP contribution in [0.15, 0.2) is 6.33 Å². The Morgan fingerprint density at radius 2 is 1.87 bits per heavy atom. The van der Waals surface area contributed by atoms with Gasteiger partial charge in [-0.05, 0) is 7.05 Å². The minimum absolute atomic E-state index is 0.0395. The topological polar surface area (TPSA) is 78.3 Å². The van der Waals surface area contributed by atoms with Gasteiger partial charge in [-0.1, -0.05) is 23.2 Å². The predicted molar refractivity (Wildman–Crippen MR) is 56.9 cm³/mol. The van der Waals surface area contributed by atoms with Crippen LogP contribution < -0.4 is 5.32 Å². The number of aliphatic hydroxyl groups excluding tert-OH is 2. The quantitative estimate of drug-likeness (QED) is 0.676. The van der Waals surface area contributed by atoms with Crippen LogP contribution in [0.3, 0.4) is 0 Å². The van der Waals surface area contributed by atoms with Crippen molar-refractivity contribution in [1.29, 1.82) is 0 Å². The van der Waals surface area contributed by atoms with Gasteiger partial charge in [0.1, 0.15) is 22.7 Å². The molecule has 7 heteroatoms. The molecule has 0 bridgehead atoms. The fourth-order valence-corrected chi connectivity index (χ4v) is 1.65. The highest BCUT2D eigenvalue weighted by molar-refractivity contribution is 6.34. The van der Waals surface area contributed by atoms with Crippen molar-refractivity contribution in [3.63, 3.8) is 0 Å². The van der Waals surface area contributed by atoms with Crippen molar-refractivity contribution < 1.29 is 10.2 Å². The van der Waals surface area contributed by atoms with Crippen LogP contribution in [0.25, 0.3) is 0 Å². The Morgan fingerprint density at radius 3 is 2.33 bits per heavy atom. The van der Waals surface area contributed by atoms with E-state index in [9.17, 15) is 10.2 Å². The number of halogens is 2. The third-order valence-electron chi connectivity index (χ3n) is 1.86. The zero-order valence-corrected chi connectivity index (χ0v) is 9.50. The summed E-state index contributed by atoms with van der Waals surface area (Å²) in [5.41, 5.74) is 0.142. The van der Waals surface area contributed by atoms with Crippen molar-refractivity contribution in [2.24, 2.45) is 0 Å². The summed E-state index contributed by atoms with van der Waals surface area (Å²) < 4.78 is 0. The Balaban J connectivity index is 2.94. The van der Waals surface area contributed by atoms with Gasteiger partial charge in [-0.25, -0.2) is 9.97 Å². The van der Waals surface area contributed by atoms with E-state index in [1.165, 1.54) is 6.33 Å². The largest absolute Gasteiger partial charge is 0.389 e. The van der Waals surface area contributed by atoms with Crippen molar-refractivity contribution >= 4 is 23.2 Å². The SMILES string of the molecule is CNCC(O)C(O)c1c(Cl)ncnc1Cl. The summed E-state index contributed by atoms with van der Waals surface area (Å²) in [5, 5.41) is 22.1. The van der Waals surface area contributed by atoms with Crippen molar-refractivity contribution in [3.05, 3.63) is 22.2 Å². The third-order valence-corrected chi connectivity index (χ3v) is 2.46. The second kappa shape index (κ2) is 5.58. The first-order valence-corrected chi connectivity index (χ1v) is 5.00. The molecule has 0 aromatic carbocycles. The molecule has 0 saturated carbocycles. The van der Waals surface area contributed by atoms with Crippen LogP contribution in [-0.4, -0.2) is 39.9 Å². The van der Waals surface area contributed by atoms with Crippen molar-refractivity contribution in [3.8, 4) is 0 Å². The lowest BCUT2D eigenvalue weighted by molar-refractivity contribution is 0.0199. The smallest absolute Gasteiger partial charge is 0.139 e. The van der Waals surface area contributed by atoms with Crippen molar-refractivity contribution in [1.82, 2.24) is 15.3 Å². The monoisotopic (exact) mass is 251 g/mol. The summed E-state index contributed by atoms with van der Waals surface area (Å²) >= 11 is 11.5. The van der Waals surface area contributed by atoms with E-state index in [1.807, 2.05) is 0 Å². The Kier molecular flexibility index (Phi) is 4.69. The second-order valence-electron chi connectivity index (χ2n) is 2.94. The normalized spacial score (nSPS) is 15.0. The van der Waals surface area contributed by atoms with Gasteiger partial charge in [-0.15, -0.1) is 0 Å². The fraction of sp³-hybridized carbons (Fsp3) is 0.500. The summed E-state index contributed by atoms with van der Waals surface area (Å²) in [6.07, 6.45) is -1.04. The molecule has 0 aliphatic carbocycles. The number of likely N-dealkylation sites (N-methyl/N-ethyl adjacent to an activating group) is 1. The van der Waals surface area contributed by atoms with E-state index in [1.54, 1.807) is 7.05 Å². The number of rotatable bonds is 4. The highest BCUT2D eigenvalue weighted by atomic mass is 35.5. The summed E-state index contributed by atoms with van der Waals surface area (Å²) in [6, 6.07) is 0. The molecule has 84 valence electrons. The Morgan fingerprint density at radius 1 is 1.33 bits per heavy atom. The molecule has 5 nitrogen and oxygen atoms in total. The summed E-state index contributed by atoms with van der Waals surface area (Å²) in [7, 11) is 1.65. The average molecular weight is 252 g/mol. The Hall–Kier alpha value is -0.460. The molecule has 0 amide bonds. The minimum Gasteiger partial charge on any atom is -0.389 e. The van der Waals surface area contributed by atoms with Crippen LogP contribution in [-0.2, 0) is 0 Å². The molecule has 0 aliphatic heterocycles. The number of nitrogens with zero attached hydrogens (tertiary/aromatic N) is 2. The maximum Gasteiger partial charge on any atom is 0.139 e. The molecule has 0 radical (unpaired) electrons. The van der Waals surface area contributed by atoms with Gasteiger partial charge in [0.25, 0.3) is 0 Å². The van der Waals surface area contributed by atoms with Crippen LogP contribution in [0.2, 0.25) is 10.3 Å². The Bertz CT molecular complexity index is 317. The molecule has 0 aliphatic rings. The maximum absolute atomic E-state index is 9.74. The van der Waals surface area contributed by atoms with Gasteiger partial charge in [-0.2, -0.15) is 0 Å². The van der Waals surface area contributed by atoms with Gasteiger partial charge in [0, 0.05) is 6.54 Å². The molecule has 1 rings (SSSR count). The zero-order valence-electron chi connectivity index (χ0n) is 7.98. The lowest BCUT2D eigenvalue weighted by Gasteiger charge is -2.18. The molecule has 2 unspecified atom stereocenters. The van der Waals surface area contributed by atoms with E-state index < -0.39 is 12.2 Å². The second-order valence-corrected chi connectivity index (χ2v) is 3.65. The van der Waals surface area contributed by atoms with Gasteiger partial charge in [0.15, 0.2) is 0 Å². The molecule has 15 heavy (non-hydrogen) atoms. The molecule has 1 aromatic heterocycles. The number of nitrogens with one attached hydrogen (secondary N) is 1. The summed E-state index contributed by atoms with van der Waals surface area (Å²) in [4.78, 5) is 7.36. The number of hydrogen-bond acceptors (Lipinski definition) is 5. The highest BCUT2D eigenvalue weighted by Gasteiger charge is 2.24. The van der Waals surface area contributed by atoms with Crippen LogP contribution in [0.1, 0.15) is 11.7 Å². The van der Waals surface area contributed by atoms with Crippen molar-refractivity contribution in [2.45, 2.75) is 12.2 Å². The molecule has 0 spiro atoms. The van der Waals surface area contributed by atoms with Gasteiger partial charge in [-0.3, -0.25) is 0 Å². The van der Waals surface area contributed by atoms with Crippen LogP contribution in [0.4, 0.5) is 0 Å². The molecular weight excluding hydrogens is 241 g/mol. The maximum atomic E-state index is 9.74. The van der Waals surface area contributed by atoms with E-state index in [0.717, 1.165) is 0 Å². The summed E-state index contributed by atoms with van der Waals surface area (Å²) in [5.74, 6) is 0. The molecule has 0 fully saturated rings. The lowest BCUT2D eigenvalue weighted by Crippen LogP contribution is -2.30. The first kappa shape index (κ1) is 12.6. The van der Waals surface area contributed by atoms with E-state index >= 15 is 0 Å². The first-order chi connectivity index (χ1) is 7.07. The number of aromatic nitrogens is 2. The van der Waals surface area contributed by atoms with E-state index in [2.05, 4.69) is 15.3 Å². The summed E-state index contributed by atoms with van der Waals surface area (Å²) in [6.45, 7) is 0.211. The molecule has 3 N–H and O–H groups in total. The van der Waals surface area contributed by atoms with Gasteiger partial charge in [0.05, 0.1) is 11.7 Å². The van der Waals surface area contributed by atoms with E-state index in [-0.39, 0.29) is 22.4 Å². The highest BCUT2D eigenvalue weighted by Crippen LogP contribution is 2.28. The fourth-order valence-electron chi connectivity index (χ4n) is 1.11. The molecular formula is C8H11Cl2N3O2. The van der Waals surface area contributed by atoms with E-state index in [4.69, 9.17) is 23.2 Å². The van der Waals surface area contributed by atoms with Gasteiger partial charge >= 0.3 is 0 Å². The zero-order chi connectivity index (χ0) is 11.4. The van der Waals surface area contributed by atoms with Crippen LogP contribution >= 0.6 is 23.2 Å². The van der Waals surface area contributed by atoms with E-state index in [0.29, 0.717) is 0 Å². The average Bonchev–Trinajstić information content (AvgIpc) is 2.17. The number of hydrogen-bond donors (Lipinski definition) is 3. The molecule has 0 saturated heterocycles. The lowest BCUT2D eigenvalue weighted by atomic mass is 10.1. The van der Waals surface area contributed by atoms with Gasteiger partial charge in [0.2, 0.25) is 0 Å². The minimum atomic E-state index is -1.21. The molecule has 2 atom stereocenters. The molecule has 1 heterocycles. The van der Waals surface area contributed by atoms with Crippen molar-refractivity contribution in [2.75, 3.05) is 13.6 Å². The molecule has 1 aromatic rings. The van der Waals surface area contributed by atoms with Crippen LogP contribution in [0.5, 0.6) is 0 Å². The van der Waals surface area contributed by atoms with Crippen LogP contribution in [0, 0.1) is 0 Å². The number of aliphatic hydroxyl groups is 2. The first-order valence-electron chi connectivity index (χ1n) is 4.24. The Labute approximate surface area is 97.1 Å². The predicted octanol–water partition coefficient (Wildman–Crippen LogP) is 0.397.